The van der Waals surface area contributed by atoms with E-state index in [9.17, 15) is 9.59 Å². The van der Waals surface area contributed by atoms with Gasteiger partial charge in [-0.2, -0.15) is 0 Å². The highest BCUT2D eigenvalue weighted by Crippen LogP contribution is 2.27. The van der Waals surface area contributed by atoms with Gasteiger partial charge in [-0.05, 0) is 41.3 Å². The molecule has 0 aliphatic carbocycles. The van der Waals surface area contributed by atoms with Crippen molar-refractivity contribution in [3.8, 4) is 0 Å². The van der Waals surface area contributed by atoms with E-state index in [-0.39, 0.29) is 17.9 Å². The van der Waals surface area contributed by atoms with Crippen molar-refractivity contribution in [2.75, 3.05) is 50.7 Å². The molecule has 2 aliphatic heterocycles. The van der Waals surface area contributed by atoms with E-state index in [1.807, 2.05) is 48.2 Å². The molecular weight excluding hydrogens is 424 g/mol. The minimum atomic E-state index is -0.0548. The number of benzene rings is 3. The Morgan fingerprint density at radius 3 is 2.32 bits per heavy atom. The van der Waals surface area contributed by atoms with Gasteiger partial charge in [0.15, 0.2) is 0 Å². The predicted octanol–water partition coefficient (Wildman–Crippen LogP) is 3.22. The number of hydrogen-bond donors (Lipinski definition) is 1. The molecule has 1 atom stereocenters. The molecule has 1 saturated heterocycles. The molecule has 34 heavy (non-hydrogen) atoms. The van der Waals surface area contributed by atoms with E-state index in [1.54, 1.807) is 0 Å². The molecule has 2 amide bonds. The van der Waals surface area contributed by atoms with Crippen molar-refractivity contribution >= 4 is 28.3 Å². The monoisotopic (exact) mass is 456 g/mol. The third-order valence-corrected chi connectivity index (χ3v) is 7.05. The Labute approximate surface area is 201 Å². The second kappa shape index (κ2) is 9.95. The SMILES string of the molecule is CC(NC(=O)CN1CCN(CC(=O)N2CCc3ccccc32)CC1)c1cccc2ccccc12. The predicted molar refractivity (Wildman–Crippen MR) is 136 cm³/mol. The maximum Gasteiger partial charge on any atom is 0.241 e. The quantitative estimate of drug-likeness (QED) is 0.619. The molecule has 176 valence electrons. The van der Waals surface area contributed by atoms with Crippen LogP contribution in [0.3, 0.4) is 0 Å². The highest BCUT2D eigenvalue weighted by molar-refractivity contribution is 5.96. The normalized spacial score (nSPS) is 17.5. The standard InChI is InChI=1S/C28H32N4O2/c1-21(24-11-6-9-22-7-2-4-10-25(22)24)29-27(33)19-30-15-17-31(18-16-30)20-28(34)32-14-13-23-8-3-5-12-26(23)32/h2-12,21H,13-20H2,1H3,(H,29,33). The Balaban J connectivity index is 1.10. The van der Waals surface area contributed by atoms with Crippen LogP contribution in [0.4, 0.5) is 5.69 Å². The first kappa shape index (κ1) is 22.6. The zero-order valence-corrected chi connectivity index (χ0v) is 19.7. The van der Waals surface area contributed by atoms with E-state index in [0.29, 0.717) is 13.1 Å². The van der Waals surface area contributed by atoms with Crippen molar-refractivity contribution in [2.45, 2.75) is 19.4 Å². The summed E-state index contributed by atoms with van der Waals surface area (Å²) in [5.41, 5.74) is 3.45. The van der Waals surface area contributed by atoms with E-state index in [1.165, 1.54) is 16.3 Å². The Morgan fingerprint density at radius 2 is 1.50 bits per heavy atom. The lowest BCUT2D eigenvalue weighted by Crippen LogP contribution is -2.52. The van der Waals surface area contributed by atoms with Crippen molar-refractivity contribution in [1.82, 2.24) is 15.1 Å². The molecular formula is C28H32N4O2. The first-order valence-corrected chi connectivity index (χ1v) is 12.2. The van der Waals surface area contributed by atoms with Crippen LogP contribution in [0.2, 0.25) is 0 Å². The van der Waals surface area contributed by atoms with Crippen LogP contribution in [0.5, 0.6) is 0 Å². The molecule has 0 bridgehead atoms. The minimum absolute atomic E-state index is 0.0404. The second-order valence-electron chi connectivity index (χ2n) is 9.33. The number of piperazine rings is 1. The van der Waals surface area contributed by atoms with E-state index >= 15 is 0 Å². The largest absolute Gasteiger partial charge is 0.348 e. The van der Waals surface area contributed by atoms with Crippen molar-refractivity contribution in [1.29, 1.82) is 0 Å². The molecule has 2 aliphatic rings. The first-order chi connectivity index (χ1) is 16.6. The van der Waals surface area contributed by atoms with Crippen LogP contribution < -0.4 is 10.2 Å². The van der Waals surface area contributed by atoms with Gasteiger partial charge >= 0.3 is 0 Å². The zero-order chi connectivity index (χ0) is 23.5. The molecule has 0 radical (unpaired) electrons. The zero-order valence-electron chi connectivity index (χ0n) is 19.7. The maximum atomic E-state index is 12.9. The highest BCUT2D eigenvalue weighted by atomic mass is 16.2. The van der Waals surface area contributed by atoms with Crippen LogP contribution in [0.15, 0.2) is 66.7 Å². The van der Waals surface area contributed by atoms with Crippen LogP contribution in [0.25, 0.3) is 10.8 Å². The van der Waals surface area contributed by atoms with Crippen LogP contribution in [0.1, 0.15) is 24.1 Å². The lowest BCUT2D eigenvalue weighted by atomic mass is 10.00. The number of amides is 2. The molecule has 2 heterocycles. The molecule has 6 nitrogen and oxygen atoms in total. The van der Waals surface area contributed by atoms with Gasteiger partial charge in [-0.1, -0.05) is 60.7 Å². The van der Waals surface area contributed by atoms with Gasteiger partial charge in [0, 0.05) is 38.4 Å². The molecule has 0 aromatic heterocycles. The molecule has 1 unspecified atom stereocenters. The molecule has 3 aromatic rings. The van der Waals surface area contributed by atoms with Crippen LogP contribution >= 0.6 is 0 Å². The topological polar surface area (TPSA) is 55.9 Å². The number of hydrogen-bond acceptors (Lipinski definition) is 4. The fourth-order valence-electron chi connectivity index (χ4n) is 5.18. The Bertz CT molecular complexity index is 1180. The second-order valence-corrected chi connectivity index (χ2v) is 9.33. The Morgan fingerprint density at radius 1 is 0.824 bits per heavy atom. The van der Waals surface area contributed by atoms with Crippen molar-refractivity contribution in [3.05, 3.63) is 77.9 Å². The van der Waals surface area contributed by atoms with Crippen LogP contribution in [-0.4, -0.2) is 67.4 Å². The highest BCUT2D eigenvalue weighted by Gasteiger charge is 2.27. The summed E-state index contributed by atoms with van der Waals surface area (Å²) in [5, 5.41) is 5.53. The number of carbonyl (C=O) groups is 2. The van der Waals surface area contributed by atoms with Crippen LogP contribution in [-0.2, 0) is 16.0 Å². The summed E-state index contributed by atoms with van der Waals surface area (Å²) in [6.07, 6.45) is 0.933. The van der Waals surface area contributed by atoms with Crippen LogP contribution in [0, 0.1) is 0 Å². The summed E-state index contributed by atoms with van der Waals surface area (Å²) in [6, 6.07) is 22.6. The summed E-state index contributed by atoms with van der Waals surface area (Å²) in [6.45, 7) is 6.82. The van der Waals surface area contributed by atoms with Gasteiger partial charge in [-0.25, -0.2) is 0 Å². The number of carbonyl (C=O) groups excluding carboxylic acids is 2. The molecule has 1 N–H and O–H groups in total. The number of fused-ring (bicyclic) bond motifs is 2. The minimum Gasteiger partial charge on any atom is -0.348 e. The van der Waals surface area contributed by atoms with Crippen molar-refractivity contribution in [2.24, 2.45) is 0 Å². The number of anilines is 1. The van der Waals surface area contributed by atoms with E-state index in [0.717, 1.165) is 50.4 Å². The molecule has 0 saturated carbocycles. The third kappa shape index (κ3) is 4.83. The fourth-order valence-corrected chi connectivity index (χ4v) is 5.18. The average Bonchev–Trinajstić information content (AvgIpc) is 3.29. The number of nitrogens with zero attached hydrogens (tertiary/aromatic N) is 3. The lowest BCUT2D eigenvalue weighted by Gasteiger charge is -2.34. The summed E-state index contributed by atoms with van der Waals surface area (Å²) in [4.78, 5) is 31.9. The van der Waals surface area contributed by atoms with Gasteiger partial charge < -0.3 is 10.2 Å². The van der Waals surface area contributed by atoms with Gasteiger partial charge in [-0.3, -0.25) is 19.4 Å². The van der Waals surface area contributed by atoms with Crippen molar-refractivity contribution < 1.29 is 9.59 Å². The van der Waals surface area contributed by atoms with Gasteiger partial charge in [-0.15, -0.1) is 0 Å². The molecule has 6 heteroatoms. The van der Waals surface area contributed by atoms with E-state index < -0.39 is 0 Å². The Kier molecular flexibility index (Phi) is 6.61. The summed E-state index contributed by atoms with van der Waals surface area (Å²) in [7, 11) is 0. The molecule has 1 fully saturated rings. The lowest BCUT2D eigenvalue weighted by molar-refractivity contribution is -0.124. The molecule has 3 aromatic carbocycles. The number of rotatable bonds is 6. The smallest absolute Gasteiger partial charge is 0.241 e. The fraction of sp³-hybridized carbons (Fsp3) is 0.357. The van der Waals surface area contributed by atoms with E-state index in [2.05, 4.69) is 45.4 Å². The Hall–Kier alpha value is -3.22. The third-order valence-electron chi connectivity index (χ3n) is 7.05. The number of nitrogens with one attached hydrogen (secondary N) is 1. The molecule has 0 spiro atoms. The van der Waals surface area contributed by atoms with Gasteiger partial charge in [0.25, 0.3) is 0 Å². The molecule has 5 rings (SSSR count). The van der Waals surface area contributed by atoms with Gasteiger partial charge in [0.05, 0.1) is 19.1 Å². The van der Waals surface area contributed by atoms with E-state index in [4.69, 9.17) is 0 Å². The van der Waals surface area contributed by atoms with Gasteiger partial charge in [0.2, 0.25) is 11.8 Å². The summed E-state index contributed by atoms with van der Waals surface area (Å²) >= 11 is 0. The van der Waals surface area contributed by atoms with Gasteiger partial charge in [0.1, 0.15) is 0 Å². The first-order valence-electron chi connectivity index (χ1n) is 12.2. The summed E-state index contributed by atoms with van der Waals surface area (Å²) in [5.74, 6) is 0.207. The van der Waals surface area contributed by atoms with Crippen molar-refractivity contribution in [3.63, 3.8) is 0 Å². The maximum absolute atomic E-state index is 12.9. The summed E-state index contributed by atoms with van der Waals surface area (Å²) < 4.78 is 0. The average molecular weight is 457 g/mol. The number of para-hydroxylation sites is 1.